The summed E-state index contributed by atoms with van der Waals surface area (Å²) in [6, 6.07) is 7.61. The van der Waals surface area contributed by atoms with Crippen molar-refractivity contribution >= 4 is 14.3 Å². The van der Waals surface area contributed by atoms with Gasteiger partial charge in [0.05, 0.1) is 18.4 Å². The Morgan fingerprint density at radius 2 is 1.81 bits per heavy atom. The normalized spacial score (nSPS) is 12.1. The van der Waals surface area contributed by atoms with Crippen LogP contribution >= 0.6 is 0 Å². The topological polar surface area (TPSA) is 35.5 Å². The molecule has 0 unspecified atom stereocenters. The summed E-state index contributed by atoms with van der Waals surface area (Å²) in [5, 5.41) is 0. The Hall–Kier alpha value is -1.55. The molecule has 0 bridgehead atoms. The molecule has 0 aliphatic heterocycles. The Morgan fingerprint density at radius 1 is 1.19 bits per heavy atom. The molecule has 116 valence electrons. The van der Waals surface area contributed by atoms with Crippen molar-refractivity contribution in [2.24, 2.45) is 0 Å². The summed E-state index contributed by atoms with van der Waals surface area (Å²) >= 11 is 0. The van der Waals surface area contributed by atoms with Crippen LogP contribution in [0.2, 0.25) is 19.6 Å². The first-order valence-electron chi connectivity index (χ1n) is 7.35. The van der Waals surface area contributed by atoms with Gasteiger partial charge in [-0.15, -0.1) is 0 Å². The van der Waals surface area contributed by atoms with Crippen molar-refractivity contribution in [1.82, 2.24) is 0 Å². The fourth-order valence-corrected chi connectivity index (χ4v) is 3.11. The van der Waals surface area contributed by atoms with E-state index in [4.69, 9.17) is 4.43 Å². The number of hydrogen-bond donors (Lipinski definition) is 0. The molecule has 0 spiro atoms. The zero-order valence-electron chi connectivity index (χ0n) is 13.7. The summed E-state index contributed by atoms with van der Waals surface area (Å²) < 4.78 is 10.6. The zero-order valence-corrected chi connectivity index (χ0v) is 14.7. The van der Waals surface area contributed by atoms with Crippen LogP contribution in [0.5, 0.6) is 0 Å². The minimum absolute atomic E-state index is 0.288. The highest BCUT2D eigenvalue weighted by atomic mass is 28.4. The Balaban J connectivity index is 2.39. The van der Waals surface area contributed by atoms with Gasteiger partial charge in [-0.2, -0.15) is 0 Å². The quantitative estimate of drug-likeness (QED) is 0.321. The smallest absolute Gasteiger partial charge is 0.337 e. The number of ether oxygens (including phenoxy) is 1. The summed E-state index contributed by atoms with van der Waals surface area (Å²) in [6.45, 7) is 8.59. The molecule has 4 heteroatoms. The van der Waals surface area contributed by atoms with Crippen molar-refractivity contribution in [2.45, 2.75) is 45.8 Å². The van der Waals surface area contributed by atoms with E-state index in [1.807, 2.05) is 31.2 Å². The van der Waals surface area contributed by atoms with Gasteiger partial charge in [-0.1, -0.05) is 12.1 Å². The van der Waals surface area contributed by atoms with Crippen molar-refractivity contribution in [3.63, 3.8) is 0 Å². The zero-order chi connectivity index (χ0) is 15.9. The number of carbonyl (C=O) groups excluding carboxylic acids is 1. The second kappa shape index (κ2) is 8.03. The van der Waals surface area contributed by atoms with Crippen LogP contribution in [0.3, 0.4) is 0 Å². The number of unbranched alkanes of at least 4 members (excludes halogenated alkanes) is 1. The molecule has 21 heavy (non-hydrogen) atoms. The minimum Gasteiger partial charge on any atom is -0.548 e. The molecule has 1 rings (SSSR count). The lowest BCUT2D eigenvalue weighted by molar-refractivity contribution is 0.0600. The lowest BCUT2D eigenvalue weighted by Crippen LogP contribution is -2.24. The summed E-state index contributed by atoms with van der Waals surface area (Å²) in [5.74, 6) is 0.749. The average Bonchev–Trinajstić information content (AvgIpc) is 2.41. The molecule has 0 aromatic heterocycles. The third kappa shape index (κ3) is 7.13. The number of carbonyl (C=O) groups is 1. The molecule has 0 N–H and O–H groups in total. The first-order chi connectivity index (χ1) is 9.81. The fourth-order valence-electron chi connectivity index (χ4n) is 2.06. The van der Waals surface area contributed by atoms with E-state index in [1.54, 1.807) is 0 Å². The van der Waals surface area contributed by atoms with E-state index < -0.39 is 8.32 Å². The highest BCUT2D eigenvalue weighted by molar-refractivity contribution is 6.70. The third-order valence-electron chi connectivity index (χ3n) is 2.94. The Kier molecular flexibility index (Phi) is 6.69. The first-order valence-corrected chi connectivity index (χ1v) is 10.8. The first kappa shape index (κ1) is 17.5. The number of benzene rings is 1. The molecular formula is C17H26O3Si. The van der Waals surface area contributed by atoms with Crippen molar-refractivity contribution in [3.05, 3.63) is 47.2 Å². The maximum absolute atomic E-state index is 11.3. The fraction of sp³-hybridized carbons (Fsp3) is 0.471. The van der Waals surface area contributed by atoms with Crippen LogP contribution in [0.1, 0.15) is 35.7 Å². The van der Waals surface area contributed by atoms with E-state index in [0.717, 1.165) is 25.0 Å². The van der Waals surface area contributed by atoms with Gasteiger partial charge in [0, 0.05) is 0 Å². The van der Waals surface area contributed by atoms with Crippen LogP contribution < -0.4 is 0 Å². The van der Waals surface area contributed by atoms with Crippen LogP contribution in [-0.4, -0.2) is 21.4 Å². The highest BCUT2D eigenvalue weighted by Crippen LogP contribution is 2.13. The Morgan fingerprint density at radius 3 is 2.33 bits per heavy atom. The van der Waals surface area contributed by atoms with Gasteiger partial charge in [0.25, 0.3) is 0 Å². The molecule has 0 atom stereocenters. The molecule has 0 saturated carbocycles. The van der Waals surface area contributed by atoms with Crippen LogP contribution in [0, 0.1) is 0 Å². The van der Waals surface area contributed by atoms with E-state index in [1.165, 1.54) is 12.7 Å². The van der Waals surface area contributed by atoms with E-state index in [0.29, 0.717) is 5.56 Å². The van der Waals surface area contributed by atoms with Gasteiger partial charge in [0.1, 0.15) is 0 Å². The van der Waals surface area contributed by atoms with Crippen LogP contribution in [0.25, 0.3) is 0 Å². The second-order valence-corrected chi connectivity index (χ2v) is 10.5. The lowest BCUT2D eigenvalue weighted by atomic mass is 10.1. The van der Waals surface area contributed by atoms with Crippen LogP contribution in [-0.2, 0) is 15.6 Å². The average molecular weight is 306 g/mol. The third-order valence-corrected chi connectivity index (χ3v) is 3.88. The molecule has 1 aromatic carbocycles. The van der Waals surface area contributed by atoms with E-state index >= 15 is 0 Å². The van der Waals surface area contributed by atoms with Gasteiger partial charge in [-0.05, 0) is 69.6 Å². The van der Waals surface area contributed by atoms with E-state index in [9.17, 15) is 4.79 Å². The summed E-state index contributed by atoms with van der Waals surface area (Å²) in [5.41, 5.74) is 1.83. The SMILES string of the molecule is COC(=O)c1ccc(CCC/C=C(/C)O[Si](C)(C)C)cc1. The predicted molar refractivity (Wildman–Crippen MR) is 88.9 cm³/mol. The van der Waals surface area contributed by atoms with Crippen molar-refractivity contribution in [1.29, 1.82) is 0 Å². The number of hydrogen-bond acceptors (Lipinski definition) is 3. The van der Waals surface area contributed by atoms with Gasteiger partial charge in [0.15, 0.2) is 0 Å². The van der Waals surface area contributed by atoms with Crippen molar-refractivity contribution < 1.29 is 14.0 Å². The monoisotopic (exact) mass is 306 g/mol. The van der Waals surface area contributed by atoms with E-state index in [-0.39, 0.29) is 5.97 Å². The van der Waals surface area contributed by atoms with Gasteiger partial charge >= 0.3 is 5.97 Å². The largest absolute Gasteiger partial charge is 0.548 e. The predicted octanol–water partition coefficient (Wildman–Crippen LogP) is 4.55. The second-order valence-electron chi connectivity index (χ2n) is 6.11. The number of esters is 1. The minimum atomic E-state index is -1.48. The molecule has 0 saturated heterocycles. The molecule has 0 amide bonds. The Bertz CT molecular complexity index is 484. The maximum atomic E-state index is 11.3. The number of rotatable bonds is 7. The number of aryl methyl sites for hydroxylation is 1. The van der Waals surface area contributed by atoms with Gasteiger partial charge in [-0.3, -0.25) is 0 Å². The molecule has 0 aliphatic rings. The molecule has 0 heterocycles. The standard InChI is InChI=1S/C17H26O3Si/c1-14(20-21(3,4)5)8-6-7-9-15-10-12-16(13-11-15)17(18)19-2/h8,10-13H,6-7,9H2,1-5H3/b14-8-. The van der Waals surface area contributed by atoms with Crippen LogP contribution in [0.15, 0.2) is 36.1 Å². The molecule has 0 aliphatic carbocycles. The molecule has 0 radical (unpaired) electrons. The Labute approximate surface area is 129 Å². The number of methoxy groups -OCH3 is 1. The number of allylic oxidation sites excluding steroid dienone is 2. The highest BCUT2D eigenvalue weighted by Gasteiger charge is 2.15. The molecule has 3 nitrogen and oxygen atoms in total. The maximum Gasteiger partial charge on any atom is 0.337 e. The van der Waals surface area contributed by atoms with Gasteiger partial charge in [0.2, 0.25) is 8.32 Å². The molecule has 0 fully saturated rings. The van der Waals surface area contributed by atoms with Crippen molar-refractivity contribution in [2.75, 3.05) is 7.11 Å². The summed E-state index contributed by atoms with van der Waals surface area (Å²) in [7, 11) is -0.0810. The van der Waals surface area contributed by atoms with Crippen LogP contribution in [0.4, 0.5) is 0 Å². The van der Waals surface area contributed by atoms with Gasteiger partial charge < -0.3 is 9.16 Å². The van der Waals surface area contributed by atoms with E-state index in [2.05, 4.69) is 30.5 Å². The molecule has 1 aromatic rings. The lowest BCUT2D eigenvalue weighted by Gasteiger charge is -2.19. The summed E-state index contributed by atoms with van der Waals surface area (Å²) in [4.78, 5) is 11.3. The molecular weight excluding hydrogens is 280 g/mol. The van der Waals surface area contributed by atoms with Gasteiger partial charge in [-0.25, -0.2) is 4.79 Å². The summed E-state index contributed by atoms with van der Waals surface area (Å²) in [6.07, 6.45) is 5.25. The van der Waals surface area contributed by atoms with Crippen molar-refractivity contribution in [3.8, 4) is 0 Å².